The first-order valence-electron chi connectivity index (χ1n) is 4.08. The third kappa shape index (κ3) is 3.78. The molecule has 0 fully saturated rings. The van der Waals surface area contributed by atoms with Gasteiger partial charge in [0.25, 0.3) is 0 Å². The molecule has 0 saturated carbocycles. The lowest BCUT2D eigenvalue weighted by atomic mass is 9.92. The van der Waals surface area contributed by atoms with Gasteiger partial charge in [0, 0.05) is 11.5 Å². The minimum absolute atomic E-state index is 0.155. The number of aliphatic hydroxyl groups excluding tert-OH is 1. The van der Waals surface area contributed by atoms with Crippen LogP contribution in [-0.4, -0.2) is 11.2 Å². The van der Waals surface area contributed by atoms with Crippen molar-refractivity contribution in [2.75, 3.05) is 0 Å². The first-order valence-corrected chi connectivity index (χ1v) is 4.52. The Labute approximate surface area is 74.1 Å². The summed E-state index contributed by atoms with van der Waals surface area (Å²) in [6.07, 6.45) is 2.55. The molecule has 0 saturated heterocycles. The zero-order chi connectivity index (χ0) is 8.85. The number of halogens is 1. The van der Waals surface area contributed by atoms with Crippen molar-refractivity contribution < 1.29 is 5.11 Å². The van der Waals surface area contributed by atoms with Crippen molar-refractivity contribution in [3.63, 3.8) is 0 Å². The van der Waals surface area contributed by atoms with E-state index in [9.17, 15) is 5.11 Å². The van der Waals surface area contributed by atoms with Gasteiger partial charge in [0.15, 0.2) is 0 Å². The molecule has 2 heteroatoms. The largest absolute Gasteiger partial charge is 0.392 e. The summed E-state index contributed by atoms with van der Waals surface area (Å²) in [6.45, 7) is 6.09. The second-order valence-corrected chi connectivity index (χ2v) is 3.31. The lowest BCUT2D eigenvalue weighted by Gasteiger charge is -2.20. The third-order valence-electron chi connectivity index (χ3n) is 2.14. The first-order chi connectivity index (χ1) is 5.13. The average molecular weight is 177 g/mol. The molecular formula is C9H17ClO. The molecule has 66 valence electrons. The Morgan fingerprint density at radius 1 is 1.45 bits per heavy atom. The van der Waals surface area contributed by atoms with Crippen molar-refractivity contribution in [2.24, 2.45) is 11.8 Å². The third-order valence-corrected chi connectivity index (χ3v) is 2.29. The SMILES string of the molecule is CC[C@@H](C)[C@H](O)[C@H](C)/C=C\Cl. The molecule has 0 rings (SSSR count). The van der Waals surface area contributed by atoms with E-state index in [1.807, 2.05) is 19.9 Å². The van der Waals surface area contributed by atoms with E-state index in [0.717, 1.165) is 6.42 Å². The molecule has 0 bridgehead atoms. The van der Waals surface area contributed by atoms with Crippen LogP contribution in [0.5, 0.6) is 0 Å². The Kier molecular flexibility index (Phi) is 5.61. The van der Waals surface area contributed by atoms with Gasteiger partial charge in [0.05, 0.1) is 6.10 Å². The molecular weight excluding hydrogens is 160 g/mol. The summed E-state index contributed by atoms with van der Waals surface area (Å²) >= 11 is 5.40. The average Bonchev–Trinajstić information content (AvgIpc) is 2.02. The summed E-state index contributed by atoms with van der Waals surface area (Å²) in [4.78, 5) is 0. The van der Waals surface area contributed by atoms with Crippen LogP contribution in [0.1, 0.15) is 27.2 Å². The van der Waals surface area contributed by atoms with E-state index in [2.05, 4.69) is 6.92 Å². The van der Waals surface area contributed by atoms with E-state index < -0.39 is 0 Å². The van der Waals surface area contributed by atoms with Crippen molar-refractivity contribution in [1.82, 2.24) is 0 Å². The van der Waals surface area contributed by atoms with Crippen molar-refractivity contribution >= 4 is 11.6 Å². The van der Waals surface area contributed by atoms with Gasteiger partial charge in [-0.1, -0.05) is 44.9 Å². The molecule has 1 N–H and O–H groups in total. The maximum Gasteiger partial charge on any atom is 0.0625 e. The Balaban J connectivity index is 3.90. The fourth-order valence-electron chi connectivity index (χ4n) is 0.988. The highest BCUT2D eigenvalue weighted by Crippen LogP contribution is 2.16. The van der Waals surface area contributed by atoms with Gasteiger partial charge in [-0.15, -0.1) is 0 Å². The second kappa shape index (κ2) is 5.62. The van der Waals surface area contributed by atoms with Crippen molar-refractivity contribution in [2.45, 2.75) is 33.3 Å². The fourth-order valence-corrected chi connectivity index (χ4v) is 1.22. The quantitative estimate of drug-likeness (QED) is 0.699. The van der Waals surface area contributed by atoms with E-state index >= 15 is 0 Å². The van der Waals surface area contributed by atoms with Crippen molar-refractivity contribution in [3.05, 3.63) is 11.6 Å². The molecule has 0 aromatic carbocycles. The standard InChI is InChI=1S/C9H17ClO/c1-4-7(2)9(11)8(3)5-6-10/h5-9,11H,4H2,1-3H3/b6-5-/t7-,8-,9+/m1/s1. The lowest BCUT2D eigenvalue weighted by Crippen LogP contribution is -2.23. The number of aliphatic hydroxyl groups is 1. The van der Waals surface area contributed by atoms with Gasteiger partial charge < -0.3 is 5.11 Å². The van der Waals surface area contributed by atoms with Gasteiger partial charge in [-0.05, 0) is 5.92 Å². The highest BCUT2D eigenvalue weighted by Gasteiger charge is 2.16. The van der Waals surface area contributed by atoms with Crippen LogP contribution in [0.15, 0.2) is 11.6 Å². The summed E-state index contributed by atoms with van der Waals surface area (Å²) in [5, 5.41) is 9.61. The van der Waals surface area contributed by atoms with Gasteiger partial charge in [-0.2, -0.15) is 0 Å². The molecule has 0 aliphatic rings. The normalized spacial score (nSPS) is 20.1. The Morgan fingerprint density at radius 2 is 2.00 bits per heavy atom. The van der Waals surface area contributed by atoms with Crippen molar-refractivity contribution in [1.29, 1.82) is 0 Å². The zero-order valence-electron chi connectivity index (χ0n) is 7.42. The molecule has 0 aliphatic carbocycles. The van der Waals surface area contributed by atoms with Gasteiger partial charge in [-0.25, -0.2) is 0 Å². The highest BCUT2D eigenvalue weighted by atomic mass is 35.5. The number of hydrogen-bond donors (Lipinski definition) is 1. The van der Waals surface area contributed by atoms with E-state index in [1.54, 1.807) is 0 Å². The van der Waals surface area contributed by atoms with Crippen molar-refractivity contribution in [3.8, 4) is 0 Å². The monoisotopic (exact) mass is 176 g/mol. The topological polar surface area (TPSA) is 20.2 Å². The van der Waals surface area contributed by atoms with Crippen LogP contribution in [0, 0.1) is 11.8 Å². The molecule has 0 heterocycles. The Hall–Kier alpha value is -0.0100. The van der Waals surface area contributed by atoms with Crippen LogP contribution in [-0.2, 0) is 0 Å². The van der Waals surface area contributed by atoms with Crippen LogP contribution in [0.4, 0.5) is 0 Å². The van der Waals surface area contributed by atoms with Gasteiger partial charge in [-0.3, -0.25) is 0 Å². The van der Waals surface area contributed by atoms with E-state index in [-0.39, 0.29) is 12.0 Å². The molecule has 0 radical (unpaired) electrons. The molecule has 0 spiro atoms. The fraction of sp³-hybridized carbons (Fsp3) is 0.778. The van der Waals surface area contributed by atoms with Gasteiger partial charge in [0.1, 0.15) is 0 Å². The minimum atomic E-state index is -0.269. The van der Waals surface area contributed by atoms with Crippen LogP contribution in [0.3, 0.4) is 0 Å². The predicted molar refractivity (Wildman–Crippen MR) is 49.6 cm³/mol. The summed E-state index contributed by atoms with van der Waals surface area (Å²) in [6, 6.07) is 0. The molecule has 3 atom stereocenters. The van der Waals surface area contributed by atoms with Crippen LogP contribution in [0.25, 0.3) is 0 Å². The smallest absolute Gasteiger partial charge is 0.0625 e. The molecule has 0 aromatic rings. The maximum absolute atomic E-state index is 9.61. The summed E-state index contributed by atoms with van der Waals surface area (Å²) in [5.41, 5.74) is 1.47. The molecule has 0 aromatic heterocycles. The maximum atomic E-state index is 9.61. The first kappa shape index (κ1) is 11.0. The van der Waals surface area contributed by atoms with Gasteiger partial charge >= 0.3 is 0 Å². The molecule has 0 unspecified atom stereocenters. The highest BCUT2D eigenvalue weighted by molar-refractivity contribution is 6.25. The van der Waals surface area contributed by atoms with E-state index in [1.165, 1.54) is 5.54 Å². The molecule has 0 amide bonds. The van der Waals surface area contributed by atoms with E-state index in [4.69, 9.17) is 11.6 Å². The van der Waals surface area contributed by atoms with Gasteiger partial charge in [0.2, 0.25) is 0 Å². The summed E-state index contributed by atoms with van der Waals surface area (Å²) < 4.78 is 0. The van der Waals surface area contributed by atoms with Crippen LogP contribution < -0.4 is 0 Å². The summed E-state index contributed by atoms with van der Waals surface area (Å²) in [7, 11) is 0. The lowest BCUT2D eigenvalue weighted by molar-refractivity contribution is 0.0814. The molecule has 11 heavy (non-hydrogen) atoms. The van der Waals surface area contributed by atoms with Crippen LogP contribution >= 0.6 is 11.6 Å². The zero-order valence-corrected chi connectivity index (χ0v) is 8.17. The minimum Gasteiger partial charge on any atom is -0.392 e. The number of hydrogen-bond acceptors (Lipinski definition) is 1. The molecule has 1 nitrogen and oxygen atoms in total. The summed E-state index contributed by atoms with van der Waals surface area (Å²) in [5.74, 6) is 0.500. The number of rotatable bonds is 4. The van der Waals surface area contributed by atoms with E-state index in [0.29, 0.717) is 5.92 Å². The van der Waals surface area contributed by atoms with Crippen LogP contribution in [0.2, 0.25) is 0 Å². The molecule has 0 aliphatic heterocycles. The Bertz CT molecular complexity index is 123. The second-order valence-electron chi connectivity index (χ2n) is 3.05. The predicted octanol–water partition coefficient (Wildman–Crippen LogP) is 2.78. The Morgan fingerprint density at radius 3 is 2.36 bits per heavy atom.